The van der Waals surface area contributed by atoms with Gasteiger partial charge >= 0.3 is 6.03 Å². The van der Waals surface area contributed by atoms with E-state index in [4.69, 9.17) is 4.74 Å². The first-order valence-electron chi connectivity index (χ1n) is 8.07. The van der Waals surface area contributed by atoms with Gasteiger partial charge in [0.1, 0.15) is 5.75 Å². The molecule has 0 aliphatic carbocycles. The van der Waals surface area contributed by atoms with E-state index in [1.807, 2.05) is 55.5 Å². The van der Waals surface area contributed by atoms with Crippen molar-refractivity contribution in [2.45, 2.75) is 26.7 Å². The van der Waals surface area contributed by atoms with E-state index in [9.17, 15) is 4.79 Å². The van der Waals surface area contributed by atoms with Crippen LogP contribution < -0.4 is 15.4 Å². The highest BCUT2D eigenvalue weighted by Gasteiger charge is 2.05. The van der Waals surface area contributed by atoms with Crippen LogP contribution in [0, 0.1) is 0 Å². The van der Waals surface area contributed by atoms with Gasteiger partial charge in [0.25, 0.3) is 0 Å². The highest BCUT2D eigenvalue weighted by Crippen LogP contribution is 2.18. The van der Waals surface area contributed by atoms with Gasteiger partial charge in [0.2, 0.25) is 0 Å². The standard InChI is InChI=1S/C19H24N2O2/c1-3-15-8-7-10-17(14-15)21-19(22)20-13-12-16-9-5-6-11-18(16)23-4-2/h5-11,14H,3-4,12-13H2,1-2H3,(H2,20,21,22). The van der Waals surface area contributed by atoms with E-state index in [1.165, 1.54) is 5.56 Å². The Labute approximate surface area is 137 Å². The molecule has 0 fully saturated rings. The summed E-state index contributed by atoms with van der Waals surface area (Å²) in [6, 6.07) is 15.6. The zero-order chi connectivity index (χ0) is 16.5. The van der Waals surface area contributed by atoms with Crippen molar-refractivity contribution >= 4 is 11.7 Å². The second kappa shape index (κ2) is 8.83. The normalized spacial score (nSPS) is 10.2. The molecule has 2 rings (SSSR count). The number of urea groups is 1. The number of hydrogen-bond donors (Lipinski definition) is 2. The number of rotatable bonds is 7. The van der Waals surface area contributed by atoms with Crippen molar-refractivity contribution in [3.63, 3.8) is 0 Å². The molecule has 0 unspecified atom stereocenters. The first-order chi connectivity index (χ1) is 11.2. The molecule has 0 aromatic heterocycles. The van der Waals surface area contributed by atoms with E-state index < -0.39 is 0 Å². The summed E-state index contributed by atoms with van der Waals surface area (Å²) in [6.45, 7) is 5.25. The molecule has 0 bridgehead atoms. The minimum Gasteiger partial charge on any atom is -0.494 e. The molecule has 0 saturated heterocycles. The Balaban J connectivity index is 1.83. The van der Waals surface area contributed by atoms with Gasteiger partial charge in [0, 0.05) is 12.2 Å². The van der Waals surface area contributed by atoms with Crippen LogP contribution in [-0.2, 0) is 12.8 Å². The highest BCUT2D eigenvalue weighted by atomic mass is 16.5. The molecule has 23 heavy (non-hydrogen) atoms. The second-order valence-corrected chi connectivity index (χ2v) is 5.23. The minimum atomic E-state index is -0.188. The van der Waals surface area contributed by atoms with Crippen molar-refractivity contribution in [3.8, 4) is 5.75 Å². The van der Waals surface area contributed by atoms with Crippen molar-refractivity contribution in [1.29, 1.82) is 0 Å². The molecule has 2 N–H and O–H groups in total. The summed E-state index contributed by atoms with van der Waals surface area (Å²) in [4.78, 5) is 12.0. The number of para-hydroxylation sites is 1. The number of aryl methyl sites for hydroxylation is 1. The number of ether oxygens (including phenoxy) is 1. The number of amides is 2. The molecule has 0 spiro atoms. The summed E-state index contributed by atoms with van der Waals surface area (Å²) in [5, 5.41) is 5.74. The molecule has 4 nitrogen and oxygen atoms in total. The van der Waals surface area contributed by atoms with E-state index in [1.54, 1.807) is 0 Å². The first kappa shape index (κ1) is 16.9. The van der Waals surface area contributed by atoms with Crippen LogP contribution >= 0.6 is 0 Å². The lowest BCUT2D eigenvalue weighted by Gasteiger charge is -2.11. The predicted octanol–water partition coefficient (Wildman–Crippen LogP) is 4.01. The molecule has 0 saturated carbocycles. The smallest absolute Gasteiger partial charge is 0.319 e. The van der Waals surface area contributed by atoms with Gasteiger partial charge in [-0.25, -0.2) is 4.79 Å². The number of nitrogens with one attached hydrogen (secondary N) is 2. The molecule has 2 aromatic rings. The molecule has 0 atom stereocenters. The summed E-state index contributed by atoms with van der Waals surface area (Å²) in [5.41, 5.74) is 3.12. The lowest BCUT2D eigenvalue weighted by molar-refractivity contribution is 0.252. The van der Waals surface area contributed by atoms with Crippen molar-refractivity contribution in [1.82, 2.24) is 5.32 Å². The monoisotopic (exact) mass is 312 g/mol. The van der Waals surface area contributed by atoms with Crippen LogP contribution in [0.4, 0.5) is 10.5 Å². The fraction of sp³-hybridized carbons (Fsp3) is 0.316. The number of anilines is 1. The predicted molar refractivity (Wildman–Crippen MR) is 94.2 cm³/mol. The van der Waals surface area contributed by atoms with Crippen LogP contribution in [0.2, 0.25) is 0 Å². The van der Waals surface area contributed by atoms with Gasteiger partial charge < -0.3 is 15.4 Å². The Morgan fingerprint density at radius 2 is 1.91 bits per heavy atom. The van der Waals surface area contributed by atoms with Gasteiger partial charge in [-0.1, -0.05) is 37.3 Å². The Morgan fingerprint density at radius 3 is 2.70 bits per heavy atom. The van der Waals surface area contributed by atoms with Gasteiger partial charge in [0.05, 0.1) is 6.61 Å². The van der Waals surface area contributed by atoms with Crippen molar-refractivity contribution in [2.24, 2.45) is 0 Å². The summed E-state index contributed by atoms with van der Waals surface area (Å²) in [7, 11) is 0. The lowest BCUT2D eigenvalue weighted by atomic mass is 10.1. The molecule has 0 heterocycles. The number of carbonyl (C=O) groups is 1. The van der Waals surface area contributed by atoms with Gasteiger partial charge in [-0.05, 0) is 49.1 Å². The lowest BCUT2D eigenvalue weighted by Crippen LogP contribution is -2.30. The van der Waals surface area contributed by atoms with Crippen molar-refractivity contribution in [2.75, 3.05) is 18.5 Å². The van der Waals surface area contributed by atoms with Gasteiger partial charge in [-0.2, -0.15) is 0 Å². The molecule has 122 valence electrons. The topological polar surface area (TPSA) is 50.4 Å². The van der Waals surface area contributed by atoms with E-state index >= 15 is 0 Å². The molecule has 4 heteroatoms. The zero-order valence-electron chi connectivity index (χ0n) is 13.8. The maximum Gasteiger partial charge on any atom is 0.319 e. The van der Waals surface area contributed by atoms with Crippen molar-refractivity contribution in [3.05, 3.63) is 59.7 Å². The van der Waals surface area contributed by atoms with E-state index in [0.717, 1.165) is 29.8 Å². The maximum atomic E-state index is 12.0. The van der Waals surface area contributed by atoms with Gasteiger partial charge in [-0.3, -0.25) is 0 Å². The molecule has 0 aliphatic heterocycles. The zero-order valence-corrected chi connectivity index (χ0v) is 13.8. The number of hydrogen-bond acceptors (Lipinski definition) is 2. The molecular weight excluding hydrogens is 288 g/mol. The SMILES string of the molecule is CCOc1ccccc1CCNC(=O)Nc1cccc(CC)c1. The average Bonchev–Trinajstić information content (AvgIpc) is 2.57. The fourth-order valence-corrected chi connectivity index (χ4v) is 2.36. The van der Waals surface area contributed by atoms with Crippen LogP contribution in [0.25, 0.3) is 0 Å². The summed E-state index contributed by atoms with van der Waals surface area (Å²) >= 11 is 0. The van der Waals surface area contributed by atoms with Crippen LogP contribution in [0.3, 0.4) is 0 Å². The first-order valence-corrected chi connectivity index (χ1v) is 8.07. The van der Waals surface area contributed by atoms with Crippen molar-refractivity contribution < 1.29 is 9.53 Å². The molecule has 0 aliphatic rings. The fourth-order valence-electron chi connectivity index (χ4n) is 2.36. The van der Waals surface area contributed by atoms with Gasteiger partial charge in [-0.15, -0.1) is 0 Å². The Bertz CT molecular complexity index is 641. The summed E-state index contributed by atoms with van der Waals surface area (Å²) < 4.78 is 5.59. The largest absolute Gasteiger partial charge is 0.494 e. The Morgan fingerprint density at radius 1 is 1.09 bits per heavy atom. The summed E-state index contributed by atoms with van der Waals surface area (Å²) in [5.74, 6) is 0.882. The third kappa shape index (κ3) is 5.33. The second-order valence-electron chi connectivity index (χ2n) is 5.23. The molecule has 2 aromatic carbocycles. The third-order valence-electron chi connectivity index (χ3n) is 3.55. The number of carbonyl (C=O) groups excluding carboxylic acids is 1. The van der Waals surface area contributed by atoms with E-state index in [-0.39, 0.29) is 6.03 Å². The maximum absolute atomic E-state index is 12.0. The Kier molecular flexibility index (Phi) is 6.48. The van der Waals surface area contributed by atoms with Crippen LogP contribution in [-0.4, -0.2) is 19.2 Å². The molecule has 2 amide bonds. The van der Waals surface area contributed by atoms with Crippen LogP contribution in [0.5, 0.6) is 5.75 Å². The average molecular weight is 312 g/mol. The van der Waals surface area contributed by atoms with Crippen LogP contribution in [0.1, 0.15) is 25.0 Å². The third-order valence-corrected chi connectivity index (χ3v) is 3.55. The van der Waals surface area contributed by atoms with Gasteiger partial charge in [0.15, 0.2) is 0 Å². The highest BCUT2D eigenvalue weighted by molar-refractivity contribution is 5.89. The van der Waals surface area contributed by atoms with E-state index in [2.05, 4.69) is 17.6 Å². The Hall–Kier alpha value is -2.49. The minimum absolute atomic E-state index is 0.188. The quantitative estimate of drug-likeness (QED) is 0.811. The summed E-state index contributed by atoms with van der Waals surface area (Å²) in [6.07, 6.45) is 1.68. The number of benzene rings is 2. The molecular formula is C19H24N2O2. The van der Waals surface area contributed by atoms with Crippen LogP contribution in [0.15, 0.2) is 48.5 Å². The molecule has 0 radical (unpaired) electrons. The van der Waals surface area contributed by atoms with E-state index in [0.29, 0.717) is 13.2 Å².